The third kappa shape index (κ3) is 4.59. The lowest BCUT2D eigenvalue weighted by molar-refractivity contribution is -0.126. The molecule has 0 radical (unpaired) electrons. The van der Waals surface area contributed by atoms with Crippen molar-refractivity contribution in [3.8, 4) is 0 Å². The first-order chi connectivity index (χ1) is 12.8. The fraction of sp³-hybridized carbons (Fsp3) is 0.545. The molecular weight excluding hydrogens is 338 g/mol. The molecule has 0 saturated carbocycles. The van der Waals surface area contributed by atoms with Gasteiger partial charge in [-0.25, -0.2) is 4.98 Å². The molecule has 1 aliphatic heterocycles. The molecular formula is C22H31N3O2. The van der Waals surface area contributed by atoms with Crippen molar-refractivity contribution < 1.29 is 9.53 Å². The predicted molar refractivity (Wildman–Crippen MR) is 107 cm³/mol. The Bertz CT molecular complexity index is 796. The molecule has 27 heavy (non-hydrogen) atoms. The van der Waals surface area contributed by atoms with Gasteiger partial charge < -0.3 is 14.6 Å². The topological polar surface area (TPSA) is 56.2 Å². The second-order valence-electron chi connectivity index (χ2n) is 8.36. The second-order valence-corrected chi connectivity index (χ2v) is 8.36. The highest BCUT2D eigenvalue weighted by molar-refractivity contribution is 5.77. The summed E-state index contributed by atoms with van der Waals surface area (Å²) in [5, 5.41) is 3.10. The molecule has 1 atom stereocenters. The Hall–Kier alpha value is -2.14. The van der Waals surface area contributed by atoms with Crippen LogP contribution in [0.3, 0.4) is 0 Å². The van der Waals surface area contributed by atoms with Crippen LogP contribution in [0.25, 0.3) is 0 Å². The van der Waals surface area contributed by atoms with Crippen LogP contribution in [0.2, 0.25) is 0 Å². The number of hydrogen-bond acceptors (Lipinski definition) is 3. The minimum absolute atomic E-state index is 0.102. The molecule has 1 aromatic heterocycles. The first-order valence-electron chi connectivity index (χ1n) is 9.74. The van der Waals surface area contributed by atoms with Crippen molar-refractivity contribution in [2.45, 2.75) is 57.5 Å². The van der Waals surface area contributed by atoms with Crippen molar-refractivity contribution in [2.75, 3.05) is 13.2 Å². The number of carbonyl (C=O) groups is 1. The third-order valence-electron chi connectivity index (χ3n) is 5.64. The summed E-state index contributed by atoms with van der Waals surface area (Å²) < 4.78 is 7.95. The van der Waals surface area contributed by atoms with Crippen molar-refractivity contribution in [1.29, 1.82) is 0 Å². The number of aromatic nitrogens is 2. The molecule has 1 unspecified atom stereocenters. The zero-order valence-electron chi connectivity index (χ0n) is 16.9. The summed E-state index contributed by atoms with van der Waals surface area (Å²) >= 11 is 0. The summed E-state index contributed by atoms with van der Waals surface area (Å²) in [5.41, 5.74) is 2.12. The second kappa shape index (κ2) is 7.85. The van der Waals surface area contributed by atoms with Gasteiger partial charge in [-0.15, -0.1) is 0 Å². The van der Waals surface area contributed by atoms with Crippen molar-refractivity contribution in [2.24, 2.45) is 7.05 Å². The maximum Gasteiger partial charge on any atom is 0.220 e. The van der Waals surface area contributed by atoms with Crippen LogP contribution in [0.4, 0.5) is 0 Å². The quantitative estimate of drug-likeness (QED) is 0.850. The maximum absolute atomic E-state index is 12.8. The third-order valence-corrected chi connectivity index (χ3v) is 5.64. The average Bonchev–Trinajstić information content (AvgIpc) is 2.99. The highest BCUT2D eigenvalue weighted by Gasteiger charge is 2.44. The van der Waals surface area contributed by atoms with E-state index in [2.05, 4.69) is 55.3 Å². The van der Waals surface area contributed by atoms with E-state index in [1.807, 2.05) is 17.8 Å². The first-order valence-corrected chi connectivity index (χ1v) is 9.74. The van der Waals surface area contributed by atoms with E-state index in [0.717, 1.165) is 25.1 Å². The summed E-state index contributed by atoms with van der Waals surface area (Å²) in [6, 6.07) is 8.45. The van der Waals surface area contributed by atoms with Crippen LogP contribution in [-0.4, -0.2) is 34.2 Å². The molecule has 5 nitrogen and oxygen atoms in total. The van der Waals surface area contributed by atoms with Gasteiger partial charge in [-0.1, -0.05) is 24.3 Å². The van der Waals surface area contributed by atoms with E-state index in [0.29, 0.717) is 19.6 Å². The predicted octanol–water partition coefficient (Wildman–Crippen LogP) is 3.30. The Morgan fingerprint density at radius 3 is 2.78 bits per heavy atom. The van der Waals surface area contributed by atoms with Gasteiger partial charge in [0.05, 0.1) is 5.60 Å². The summed E-state index contributed by atoms with van der Waals surface area (Å²) in [4.78, 5) is 17.2. The molecule has 0 spiro atoms. The van der Waals surface area contributed by atoms with Gasteiger partial charge in [0.25, 0.3) is 0 Å². The molecule has 1 N–H and O–H groups in total. The van der Waals surface area contributed by atoms with E-state index >= 15 is 0 Å². The van der Waals surface area contributed by atoms with E-state index in [4.69, 9.17) is 4.74 Å². The van der Waals surface area contributed by atoms with Gasteiger partial charge in [-0.05, 0) is 44.7 Å². The monoisotopic (exact) mass is 369 g/mol. The van der Waals surface area contributed by atoms with Crippen molar-refractivity contribution in [1.82, 2.24) is 14.9 Å². The van der Waals surface area contributed by atoms with E-state index in [-0.39, 0.29) is 16.9 Å². The number of hydrogen-bond donors (Lipinski definition) is 1. The maximum atomic E-state index is 12.8. The van der Waals surface area contributed by atoms with Crippen LogP contribution in [0.5, 0.6) is 0 Å². The highest BCUT2D eigenvalue weighted by atomic mass is 16.5. The van der Waals surface area contributed by atoms with Crippen LogP contribution in [0, 0.1) is 6.92 Å². The van der Waals surface area contributed by atoms with Crippen LogP contribution in [0.1, 0.15) is 50.1 Å². The average molecular weight is 370 g/mol. The number of amides is 1. The van der Waals surface area contributed by atoms with Gasteiger partial charge in [0, 0.05) is 50.8 Å². The van der Waals surface area contributed by atoms with Crippen LogP contribution in [0.15, 0.2) is 36.7 Å². The van der Waals surface area contributed by atoms with Gasteiger partial charge in [-0.2, -0.15) is 0 Å². The molecule has 1 amide bonds. The number of rotatable bonds is 6. The van der Waals surface area contributed by atoms with Gasteiger partial charge in [0.15, 0.2) is 0 Å². The minimum atomic E-state index is -0.228. The summed E-state index contributed by atoms with van der Waals surface area (Å²) in [7, 11) is 1.97. The Kier molecular flexibility index (Phi) is 5.70. The molecule has 1 saturated heterocycles. The lowest BCUT2D eigenvalue weighted by Gasteiger charge is -2.45. The van der Waals surface area contributed by atoms with Crippen LogP contribution < -0.4 is 5.32 Å². The van der Waals surface area contributed by atoms with Gasteiger partial charge in [-0.3, -0.25) is 4.79 Å². The Labute approximate surface area is 162 Å². The molecule has 0 aliphatic carbocycles. The fourth-order valence-corrected chi connectivity index (χ4v) is 4.44. The Morgan fingerprint density at radius 1 is 1.33 bits per heavy atom. The molecule has 1 aromatic carbocycles. The molecule has 1 fully saturated rings. The number of carbonyl (C=O) groups excluding carboxylic acids is 1. The first kappa shape index (κ1) is 19.6. The Morgan fingerprint density at radius 2 is 2.11 bits per heavy atom. The molecule has 5 heteroatoms. The zero-order valence-corrected chi connectivity index (χ0v) is 16.9. The number of imidazole rings is 1. The van der Waals surface area contributed by atoms with Gasteiger partial charge >= 0.3 is 0 Å². The highest BCUT2D eigenvalue weighted by Crippen LogP contribution is 2.45. The molecule has 2 aromatic rings. The van der Waals surface area contributed by atoms with E-state index < -0.39 is 0 Å². The zero-order chi connectivity index (χ0) is 19.5. The number of benzene rings is 1. The lowest BCUT2D eigenvalue weighted by Crippen LogP contribution is -2.47. The van der Waals surface area contributed by atoms with Crippen LogP contribution in [-0.2, 0) is 28.4 Å². The lowest BCUT2D eigenvalue weighted by atomic mass is 9.66. The normalized spacial score (nSPS) is 21.8. The SMILES string of the molecule is Cc1ccccc1C1(CC(=O)NCCc2nccn2C)CCOC(C)(C)C1. The van der Waals surface area contributed by atoms with E-state index in [1.54, 1.807) is 6.20 Å². The van der Waals surface area contributed by atoms with Gasteiger partial charge in [0.2, 0.25) is 5.91 Å². The molecule has 0 bridgehead atoms. The van der Waals surface area contributed by atoms with Crippen molar-refractivity contribution in [3.63, 3.8) is 0 Å². The summed E-state index contributed by atoms with van der Waals surface area (Å²) in [6.45, 7) is 7.67. The largest absolute Gasteiger partial charge is 0.376 e. The molecule has 146 valence electrons. The number of nitrogens with one attached hydrogen (secondary N) is 1. The van der Waals surface area contributed by atoms with Crippen LogP contribution >= 0.6 is 0 Å². The number of nitrogens with zero attached hydrogens (tertiary/aromatic N) is 2. The number of aryl methyl sites for hydroxylation is 2. The standard InChI is InChI=1S/C22H31N3O2/c1-17-7-5-6-8-18(17)22(10-14-27-21(2,3)16-22)15-20(26)24-11-9-19-23-12-13-25(19)4/h5-8,12-13H,9-11,14-16H2,1-4H3,(H,24,26). The number of ether oxygens (including phenoxy) is 1. The van der Waals surface area contributed by atoms with Gasteiger partial charge in [0.1, 0.15) is 5.82 Å². The summed E-state index contributed by atoms with van der Waals surface area (Å²) in [5.74, 6) is 1.08. The molecule has 3 rings (SSSR count). The minimum Gasteiger partial charge on any atom is -0.376 e. The van der Waals surface area contributed by atoms with Crippen molar-refractivity contribution >= 4 is 5.91 Å². The smallest absolute Gasteiger partial charge is 0.220 e. The van der Waals surface area contributed by atoms with E-state index in [9.17, 15) is 4.79 Å². The van der Waals surface area contributed by atoms with E-state index in [1.165, 1.54) is 11.1 Å². The Balaban J connectivity index is 1.73. The molecule has 1 aliphatic rings. The summed E-state index contributed by atoms with van der Waals surface area (Å²) in [6.07, 6.45) is 6.65. The molecule has 2 heterocycles. The van der Waals surface area contributed by atoms with Crippen molar-refractivity contribution in [3.05, 3.63) is 53.6 Å². The fourth-order valence-electron chi connectivity index (χ4n) is 4.44.